The van der Waals surface area contributed by atoms with Crippen LogP contribution in [0.25, 0.3) is 0 Å². The van der Waals surface area contributed by atoms with Crippen LogP contribution in [0.1, 0.15) is 53.9 Å². The SMILES string of the molecule is CC(C)C(NC(=O)OCC(C)(C)C)C(=O)CC1CCCOCNC(=O)C1=O. The lowest BCUT2D eigenvalue weighted by Gasteiger charge is -2.24. The van der Waals surface area contributed by atoms with Crippen LogP contribution in [0.5, 0.6) is 0 Å². The molecule has 1 saturated heterocycles. The number of alkyl carbamates (subject to hydrolysis) is 1. The highest BCUT2D eigenvalue weighted by Gasteiger charge is 2.32. The number of hydrogen-bond acceptors (Lipinski definition) is 6. The topological polar surface area (TPSA) is 111 Å². The molecule has 2 N–H and O–H groups in total. The molecule has 154 valence electrons. The maximum Gasteiger partial charge on any atom is 0.407 e. The summed E-state index contributed by atoms with van der Waals surface area (Å²) >= 11 is 0. The van der Waals surface area contributed by atoms with Gasteiger partial charge in [0.2, 0.25) is 5.78 Å². The van der Waals surface area contributed by atoms with Crippen LogP contribution in [0.3, 0.4) is 0 Å². The van der Waals surface area contributed by atoms with Crippen molar-refractivity contribution in [3.05, 3.63) is 0 Å². The average Bonchev–Trinajstić information content (AvgIpc) is 2.63. The number of ether oxygens (including phenoxy) is 2. The van der Waals surface area contributed by atoms with Crippen LogP contribution in [0.4, 0.5) is 4.79 Å². The molecule has 2 amide bonds. The van der Waals surface area contributed by atoms with Gasteiger partial charge in [-0.25, -0.2) is 4.79 Å². The molecule has 0 aromatic heterocycles. The second kappa shape index (κ2) is 10.4. The Hall–Kier alpha value is -1.96. The normalized spacial score (nSPS) is 20.1. The number of hydrogen-bond donors (Lipinski definition) is 2. The molecular weight excluding hydrogens is 352 g/mol. The molecule has 0 aromatic carbocycles. The molecule has 0 aromatic rings. The fourth-order valence-electron chi connectivity index (χ4n) is 2.66. The van der Waals surface area contributed by atoms with E-state index in [0.717, 1.165) is 0 Å². The molecule has 27 heavy (non-hydrogen) atoms. The molecule has 1 aliphatic rings. The average molecular weight is 384 g/mol. The highest BCUT2D eigenvalue weighted by atomic mass is 16.5. The van der Waals surface area contributed by atoms with Gasteiger partial charge in [-0.2, -0.15) is 0 Å². The van der Waals surface area contributed by atoms with E-state index >= 15 is 0 Å². The molecule has 1 rings (SSSR count). The number of rotatable bonds is 6. The number of amides is 2. The summed E-state index contributed by atoms with van der Waals surface area (Å²) in [7, 11) is 0. The Labute approximate surface area is 160 Å². The predicted molar refractivity (Wildman–Crippen MR) is 98.9 cm³/mol. The van der Waals surface area contributed by atoms with E-state index in [4.69, 9.17) is 9.47 Å². The molecule has 0 radical (unpaired) electrons. The zero-order valence-corrected chi connectivity index (χ0v) is 16.9. The highest BCUT2D eigenvalue weighted by Crippen LogP contribution is 2.18. The lowest BCUT2D eigenvalue weighted by molar-refractivity contribution is -0.141. The van der Waals surface area contributed by atoms with Gasteiger partial charge < -0.3 is 20.1 Å². The molecule has 0 spiro atoms. The molecule has 0 saturated carbocycles. The summed E-state index contributed by atoms with van der Waals surface area (Å²) in [6.07, 6.45) is 0.196. The number of carbonyl (C=O) groups excluding carboxylic acids is 4. The van der Waals surface area contributed by atoms with Crippen molar-refractivity contribution in [2.24, 2.45) is 17.3 Å². The van der Waals surface area contributed by atoms with Gasteiger partial charge >= 0.3 is 6.09 Å². The molecule has 1 aliphatic heterocycles. The summed E-state index contributed by atoms with van der Waals surface area (Å²) in [5, 5.41) is 4.98. The predicted octanol–water partition coefficient (Wildman–Crippen LogP) is 1.81. The van der Waals surface area contributed by atoms with Gasteiger partial charge in [0.05, 0.1) is 12.6 Å². The number of ketones is 2. The second-order valence-corrected chi connectivity index (χ2v) is 8.44. The Kier molecular flexibility index (Phi) is 8.88. The summed E-state index contributed by atoms with van der Waals surface area (Å²) in [6.45, 7) is 10.0. The van der Waals surface area contributed by atoms with E-state index in [2.05, 4.69) is 10.6 Å². The smallest absolute Gasteiger partial charge is 0.407 e. The molecule has 8 heteroatoms. The summed E-state index contributed by atoms with van der Waals surface area (Å²) in [5.74, 6) is -2.54. The summed E-state index contributed by atoms with van der Waals surface area (Å²) in [4.78, 5) is 48.9. The van der Waals surface area contributed by atoms with E-state index in [1.165, 1.54) is 0 Å². The number of Topliss-reactive ketones (excluding diaryl/α,β-unsaturated/α-hetero) is 2. The maximum atomic E-state index is 12.7. The minimum Gasteiger partial charge on any atom is -0.449 e. The first kappa shape index (κ1) is 23.1. The van der Waals surface area contributed by atoms with Crippen LogP contribution < -0.4 is 10.6 Å². The lowest BCUT2D eigenvalue weighted by atomic mass is 9.87. The minimum absolute atomic E-state index is 0.0129. The third-order valence-corrected chi connectivity index (χ3v) is 4.14. The van der Waals surface area contributed by atoms with Gasteiger partial charge in [0.1, 0.15) is 6.73 Å². The van der Waals surface area contributed by atoms with Gasteiger partial charge in [0.15, 0.2) is 5.78 Å². The van der Waals surface area contributed by atoms with Crippen molar-refractivity contribution >= 4 is 23.6 Å². The Morgan fingerprint density at radius 1 is 1.30 bits per heavy atom. The molecular formula is C19H32N2O6. The quantitative estimate of drug-likeness (QED) is 0.676. The fourth-order valence-corrected chi connectivity index (χ4v) is 2.66. The van der Waals surface area contributed by atoms with E-state index < -0.39 is 29.7 Å². The van der Waals surface area contributed by atoms with Crippen molar-refractivity contribution < 1.29 is 28.7 Å². The van der Waals surface area contributed by atoms with Crippen LogP contribution in [-0.4, -0.2) is 49.6 Å². The number of carbonyl (C=O) groups is 4. The van der Waals surface area contributed by atoms with Gasteiger partial charge in [0.25, 0.3) is 5.91 Å². The molecule has 1 heterocycles. The molecule has 2 atom stereocenters. The summed E-state index contributed by atoms with van der Waals surface area (Å²) < 4.78 is 10.3. The zero-order chi connectivity index (χ0) is 20.6. The van der Waals surface area contributed by atoms with E-state index in [-0.39, 0.29) is 36.9 Å². The molecule has 0 bridgehead atoms. The van der Waals surface area contributed by atoms with Gasteiger partial charge in [-0.05, 0) is 24.2 Å². The molecule has 0 aliphatic carbocycles. The Morgan fingerprint density at radius 2 is 1.96 bits per heavy atom. The maximum absolute atomic E-state index is 12.7. The van der Waals surface area contributed by atoms with Crippen LogP contribution in [0.2, 0.25) is 0 Å². The van der Waals surface area contributed by atoms with Crippen molar-refractivity contribution in [2.45, 2.75) is 59.9 Å². The van der Waals surface area contributed by atoms with Gasteiger partial charge in [-0.1, -0.05) is 34.6 Å². The largest absolute Gasteiger partial charge is 0.449 e. The van der Waals surface area contributed by atoms with Crippen molar-refractivity contribution in [1.82, 2.24) is 10.6 Å². The monoisotopic (exact) mass is 384 g/mol. The first-order chi connectivity index (χ1) is 12.5. The van der Waals surface area contributed by atoms with Crippen molar-refractivity contribution in [1.29, 1.82) is 0 Å². The van der Waals surface area contributed by atoms with Crippen molar-refractivity contribution in [2.75, 3.05) is 19.9 Å². The third-order valence-electron chi connectivity index (χ3n) is 4.14. The van der Waals surface area contributed by atoms with Gasteiger partial charge in [0, 0.05) is 18.9 Å². The summed E-state index contributed by atoms with van der Waals surface area (Å²) in [6, 6.07) is -0.780. The van der Waals surface area contributed by atoms with Crippen LogP contribution in [-0.2, 0) is 23.9 Å². The van der Waals surface area contributed by atoms with Crippen LogP contribution >= 0.6 is 0 Å². The number of nitrogens with one attached hydrogen (secondary N) is 2. The Balaban J connectivity index is 2.73. The second-order valence-electron chi connectivity index (χ2n) is 8.44. The molecule has 1 fully saturated rings. The summed E-state index contributed by atoms with van der Waals surface area (Å²) in [5.41, 5.74) is -0.187. The van der Waals surface area contributed by atoms with Crippen molar-refractivity contribution in [3.8, 4) is 0 Å². The van der Waals surface area contributed by atoms with Gasteiger partial charge in [-0.3, -0.25) is 14.4 Å². The van der Waals surface area contributed by atoms with E-state index in [1.54, 1.807) is 13.8 Å². The van der Waals surface area contributed by atoms with Crippen LogP contribution in [0, 0.1) is 17.3 Å². The Morgan fingerprint density at radius 3 is 2.56 bits per heavy atom. The molecule has 2 unspecified atom stereocenters. The molecule has 8 nitrogen and oxygen atoms in total. The first-order valence-electron chi connectivity index (χ1n) is 9.37. The van der Waals surface area contributed by atoms with Gasteiger partial charge in [-0.15, -0.1) is 0 Å². The lowest BCUT2D eigenvalue weighted by Crippen LogP contribution is -2.46. The van der Waals surface area contributed by atoms with E-state index in [1.807, 2.05) is 20.8 Å². The van der Waals surface area contributed by atoms with Crippen LogP contribution in [0.15, 0.2) is 0 Å². The third kappa shape index (κ3) is 8.51. The minimum atomic E-state index is -0.780. The van der Waals surface area contributed by atoms with Crippen molar-refractivity contribution in [3.63, 3.8) is 0 Å². The first-order valence-corrected chi connectivity index (χ1v) is 9.37. The van der Waals surface area contributed by atoms with E-state index in [9.17, 15) is 19.2 Å². The Bertz CT molecular complexity index is 553. The fraction of sp³-hybridized carbons (Fsp3) is 0.789. The van der Waals surface area contributed by atoms with E-state index in [0.29, 0.717) is 19.4 Å². The standard InChI is InChI=1S/C19H32N2O6/c1-12(2)15(21-18(25)27-10-19(3,4)5)14(22)9-13-7-6-8-26-11-20-17(24)16(13)23/h12-13,15H,6-11H2,1-5H3,(H,20,24)(H,21,25). The highest BCUT2D eigenvalue weighted by molar-refractivity contribution is 6.37. The zero-order valence-electron chi connectivity index (χ0n) is 16.9.